The molecule has 140 valence electrons. The Morgan fingerprint density at radius 1 is 1.19 bits per heavy atom. The van der Waals surface area contributed by atoms with E-state index < -0.39 is 0 Å². The molecule has 0 bridgehead atoms. The van der Waals surface area contributed by atoms with Gasteiger partial charge >= 0.3 is 0 Å². The summed E-state index contributed by atoms with van der Waals surface area (Å²) in [7, 11) is 0. The second-order valence-corrected chi connectivity index (χ2v) is 7.40. The number of hydrogen-bond acceptors (Lipinski definition) is 4. The van der Waals surface area contributed by atoms with Crippen molar-refractivity contribution in [1.82, 2.24) is 19.7 Å². The first-order valence-corrected chi connectivity index (χ1v) is 9.34. The van der Waals surface area contributed by atoms with Crippen molar-refractivity contribution in [2.24, 2.45) is 5.92 Å². The Labute approximate surface area is 158 Å². The van der Waals surface area contributed by atoms with Crippen molar-refractivity contribution in [3.05, 3.63) is 59.3 Å². The Bertz CT molecular complexity index is 971. The summed E-state index contributed by atoms with van der Waals surface area (Å²) in [6, 6.07) is 11.7. The highest BCUT2D eigenvalue weighted by atomic mass is 16.3. The summed E-state index contributed by atoms with van der Waals surface area (Å²) in [4.78, 5) is 20.0. The molecule has 2 aromatic heterocycles. The van der Waals surface area contributed by atoms with Crippen LogP contribution in [0.3, 0.4) is 0 Å². The predicted molar refractivity (Wildman–Crippen MR) is 102 cm³/mol. The van der Waals surface area contributed by atoms with E-state index in [0.29, 0.717) is 30.2 Å². The van der Waals surface area contributed by atoms with Crippen LogP contribution in [-0.2, 0) is 6.54 Å². The van der Waals surface area contributed by atoms with Crippen LogP contribution in [0.25, 0.3) is 11.4 Å². The van der Waals surface area contributed by atoms with Crippen molar-refractivity contribution in [2.75, 3.05) is 6.54 Å². The minimum absolute atomic E-state index is 0.00133. The molecule has 0 fully saturated rings. The van der Waals surface area contributed by atoms with Gasteiger partial charge in [-0.05, 0) is 25.8 Å². The first kappa shape index (κ1) is 17.5. The van der Waals surface area contributed by atoms with Crippen LogP contribution in [-0.4, -0.2) is 32.1 Å². The molecule has 0 radical (unpaired) electrons. The lowest BCUT2D eigenvalue weighted by molar-refractivity contribution is 0.0535. The van der Waals surface area contributed by atoms with E-state index in [1.807, 2.05) is 59.8 Å². The van der Waals surface area contributed by atoms with Gasteiger partial charge in [0.15, 0.2) is 11.6 Å². The van der Waals surface area contributed by atoms with Gasteiger partial charge in [-0.25, -0.2) is 9.67 Å². The van der Waals surface area contributed by atoms with Gasteiger partial charge in [0.2, 0.25) is 0 Å². The molecule has 0 saturated carbocycles. The maximum Gasteiger partial charge on any atom is 0.258 e. The van der Waals surface area contributed by atoms with E-state index in [1.54, 1.807) is 0 Å². The Morgan fingerprint density at radius 3 is 2.56 bits per heavy atom. The molecule has 4 rings (SSSR count). The molecule has 1 aliphatic heterocycles. The number of carbonyl (C=O) groups excluding carboxylic acids is 1. The average Bonchev–Trinajstić information content (AvgIpc) is 3.23. The first-order chi connectivity index (χ1) is 13.0. The lowest BCUT2D eigenvalue weighted by Gasteiger charge is -2.37. The third-order valence-corrected chi connectivity index (χ3v) is 5.05. The second-order valence-electron chi connectivity index (χ2n) is 7.40. The number of furan rings is 1. The molecule has 3 aromatic rings. The minimum Gasteiger partial charge on any atom is -0.466 e. The standard InChI is InChI=1S/C21H24N4O2/c1-13(2)18-20-22-19(16-8-6-5-7-9-16)23-25(20)11-10-24(18)21(26)17-12-14(3)27-15(17)4/h5-9,12-13,18H,10-11H2,1-4H3/t18-/m0/s1. The van der Waals surface area contributed by atoms with Gasteiger partial charge in [-0.15, -0.1) is 0 Å². The van der Waals surface area contributed by atoms with Gasteiger partial charge in [-0.3, -0.25) is 4.79 Å². The molecular weight excluding hydrogens is 340 g/mol. The van der Waals surface area contributed by atoms with E-state index in [4.69, 9.17) is 14.5 Å². The molecule has 3 heterocycles. The van der Waals surface area contributed by atoms with E-state index in [9.17, 15) is 4.79 Å². The monoisotopic (exact) mass is 364 g/mol. The summed E-state index contributed by atoms with van der Waals surface area (Å²) in [5, 5.41) is 4.69. The fourth-order valence-corrected chi connectivity index (χ4v) is 3.81. The van der Waals surface area contributed by atoms with Crippen LogP contribution in [0.2, 0.25) is 0 Å². The maximum absolute atomic E-state index is 13.2. The predicted octanol–water partition coefficient (Wildman–Crippen LogP) is 4.01. The summed E-state index contributed by atoms with van der Waals surface area (Å²) in [5.74, 6) is 3.19. The van der Waals surface area contributed by atoms with Crippen LogP contribution in [0.15, 0.2) is 40.8 Å². The molecule has 0 aliphatic carbocycles. The smallest absolute Gasteiger partial charge is 0.258 e. The quantitative estimate of drug-likeness (QED) is 0.704. The molecule has 6 heteroatoms. The number of aromatic nitrogens is 3. The molecule has 1 aliphatic rings. The van der Waals surface area contributed by atoms with Gasteiger partial charge in [0.05, 0.1) is 18.2 Å². The van der Waals surface area contributed by atoms with E-state index in [0.717, 1.165) is 17.1 Å². The van der Waals surface area contributed by atoms with Gasteiger partial charge in [0.1, 0.15) is 11.5 Å². The molecule has 0 saturated heterocycles. The fraction of sp³-hybridized carbons (Fsp3) is 0.381. The van der Waals surface area contributed by atoms with Crippen molar-refractivity contribution in [1.29, 1.82) is 0 Å². The highest BCUT2D eigenvalue weighted by Crippen LogP contribution is 2.34. The molecule has 1 amide bonds. The zero-order valence-corrected chi connectivity index (χ0v) is 16.1. The third-order valence-electron chi connectivity index (χ3n) is 5.05. The maximum atomic E-state index is 13.2. The highest BCUT2D eigenvalue weighted by molar-refractivity contribution is 5.95. The second kappa shape index (κ2) is 6.68. The summed E-state index contributed by atoms with van der Waals surface area (Å²) in [5.41, 5.74) is 1.62. The number of hydrogen-bond donors (Lipinski definition) is 0. The Kier molecular flexibility index (Phi) is 4.34. The molecule has 0 unspecified atom stereocenters. The molecule has 0 spiro atoms. The molecule has 1 atom stereocenters. The van der Waals surface area contributed by atoms with Crippen molar-refractivity contribution >= 4 is 5.91 Å². The van der Waals surface area contributed by atoms with Crippen LogP contribution < -0.4 is 0 Å². The van der Waals surface area contributed by atoms with Crippen LogP contribution in [0.4, 0.5) is 0 Å². The lowest BCUT2D eigenvalue weighted by Crippen LogP contribution is -2.44. The Balaban J connectivity index is 1.72. The number of aryl methyl sites for hydroxylation is 2. The number of nitrogens with zero attached hydrogens (tertiary/aromatic N) is 4. The van der Waals surface area contributed by atoms with Crippen molar-refractivity contribution in [3.8, 4) is 11.4 Å². The van der Waals surface area contributed by atoms with Gasteiger partial charge in [-0.2, -0.15) is 5.10 Å². The van der Waals surface area contributed by atoms with Gasteiger partial charge in [-0.1, -0.05) is 44.2 Å². The van der Waals surface area contributed by atoms with E-state index in [-0.39, 0.29) is 17.9 Å². The van der Waals surface area contributed by atoms with E-state index in [1.165, 1.54) is 0 Å². The SMILES string of the molecule is Cc1cc(C(=O)N2CCn3nc(-c4ccccc4)nc3[C@@H]2C(C)C)c(C)o1. The lowest BCUT2D eigenvalue weighted by atomic mass is 9.98. The molecule has 1 aromatic carbocycles. The Morgan fingerprint density at radius 2 is 1.93 bits per heavy atom. The van der Waals surface area contributed by atoms with Gasteiger partial charge in [0.25, 0.3) is 5.91 Å². The van der Waals surface area contributed by atoms with Crippen LogP contribution in [0.5, 0.6) is 0 Å². The average molecular weight is 364 g/mol. The fourth-order valence-electron chi connectivity index (χ4n) is 3.81. The number of fused-ring (bicyclic) bond motifs is 1. The topological polar surface area (TPSA) is 64.2 Å². The summed E-state index contributed by atoms with van der Waals surface area (Å²) < 4.78 is 7.52. The van der Waals surface area contributed by atoms with Crippen LogP contribution in [0, 0.1) is 19.8 Å². The molecular formula is C21H24N4O2. The number of benzene rings is 1. The minimum atomic E-state index is -0.120. The van der Waals surface area contributed by atoms with E-state index >= 15 is 0 Å². The van der Waals surface area contributed by atoms with Gasteiger partial charge in [0, 0.05) is 12.1 Å². The van der Waals surface area contributed by atoms with E-state index in [2.05, 4.69) is 13.8 Å². The van der Waals surface area contributed by atoms with Crippen LogP contribution in [0.1, 0.15) is 47.6 Å². The largest absolute Gasteiger partial charge is 0.466 e. The Hall–Kier alpha value is -2.89. The molecule has 6 nitrogen and oxygen atoms in total. The summed E-state index contributed by atoms with van der Waals surface area (Å²) >= 11 is 0. The normalized spacial score (nSPS) is 16.6. The molecule has 0 N–H and O–H groups in total. The number of amides is 1. The van der Waals surface area contributed by atoms with Crippen LogP contribution >= 0.6 is 0 Å². The summed E-state index contributed by atoms with van der Waals surface area (Å²) in [6.45, 7) is 9.18. The first-order valence-electron chi connectivity index (χ1n) is 9.34. The van der Waals surface area contributed by atoms with Crippen molar-refractivity contribution in [2.45, 2.75) is 40.3 Å². The number of rotatable bonds is 3. The molecule has 27 heavy (non-hydrogen) atoms. The van der Waals surface area contributed by atoms with Gasteiger partial charge < -0.3 is 9.32 Å². The number of carbonyl (C=O) groups is 1. The van der Waals surface area contributed by atoms with Crippen molar-refractivity contribution in [3.63, 3.8) is 0 Å². The zero-order chi connectivity index (χ0) is 19.1. The van der Waals surface area contributed by atoms with Crippen molar-refractivity contribution < 1.29 is 9.21 Å². The summed E-state index contributed by atoms with van der Waals surface area (Å²) in [6.07, 6.45) is 0. The third kappa shape index (κ3) is 3.05. The highest BCUT2D eigenvalue weighted by Gasteiger charge is 2.37. The zero-order valence-electron chi connectivity index (χ0n) is 16.1.